The van der Waals surface area contributed by atoms with Gasteiger partial charge in [0.15, 0.2) is 0 Å². The topological polar surface area (TPSA) is 77.1 Å². The molecule has 0 amide bonds. The Morgan fingerprint density at radius 3 is 2.52 bits per heavy atom. The average Bonchev–Trinajstić information content (AvgIpc) is 2.59. The third kappa shape index (κ3) is 3.14. The van der Waals surface area contributed by atoms with Crippen LogP contribution in [0.1, 0.15) is 5.56 Å². The van der Waals surface area contributed by atoms with Crippen molar-refractivity contribution in [3.05, 3.63) is 35.0 Å². The van der Waals surface area contributed by atoms with Crippen molar-refractivity contribution in [1.29, 1.82) is 0 Å². The van der Waals surface area contributed by atoms with E-state index in [0.29, 0.717) is 5.69 Å². The van der Waals surface area contributed by atoms with Gasteiger partial charge in [-0.25, -0.2) is 9.59 Å². The van der Waals surface area contributed by atoms with Crippen LogP contribution in [0.3, 0.4) is 0 Å². The van der Waals surface area contributed by atoms with E-state index in [2.05, 4.69) is 5.32 Å². The molecule has 23 heavy (non-hydrogen) atoms. The average molecular weight is 320 g/mol. The lowest BCUT2D eigenvalue weighted by molar-refractivity contribution is -0.140. The fraction of sp³-hybridized carbons (Fsp3) is 0.375. The summed E-state index contributed by atoms with van der Waals surface area (Å²) < 4.78 is 15.1. The van der Waals surface area contributed by atoms with E-state index in [1.807, 2.05) is 25.1 Å². The highest BCUT2D eigenvalue weighted by Crippen LogP contribution is 2.34. The highest BCUT2D eigenvalue weighted by Gasteiger charge is 2.33. The Morgan fingerprint density at radius 1 is 1.22 bits per heavy atom. The van der Waals surface area contributed by atoms with E-state index in [1.165, 1.54) is 14.2 Å². The Bertz CT molecular complexity index is 654. The summed E-state index contributed by atoms with van der Waals surface area (Å²) >= 11 is 0. The van der Waals surface area contributed by atoms with Gasteiger partial charge in [0.25, 0.3) is 0 Å². The molecule has 7 nitrogen and oxygen atoms in total. The van der Waals surface area contributed by atoms with Gasteiger partial charge in [0.1, 0.15) is 12.4 Å². The Morgan fingerprint density at radius 2 is 1.91 bits per heavy atom. The quantitative estimate of drug-likeness (QED) is 0.841. The Kier molecular flexibility index (Phi) is 5.23. The van der Waals surface area contributed by atoms with E-state index >= 15 is 0 Å². The maximum absolute atomic E-state index is 12.3. The Hall–Kier alpha value is -2.54. The summed E-state index contributed by atoms with van der Waals surface area (Å²) in [4.78, 5) is 25.9. The summed E-state index contributed by atoms with van der Waals surface area (Å²) in [5.74, 6) is -1.23. The van der Waals surface area contributed by atoms with Crippen LogP contribution in [0.2, 0.25) is 0 Å². The van der Waals surface area contributed by atoms with Crippen LogP contribution >= 0.6 is 0 Å². The minimum absolute atomic E-state index is 0.00565. The number of benzene rings is 1. The number of para-hydroxylation sites is 1. The minimum atomic E-state index is -0.617. The fourth-order valence-electron chi connectivity index (χ4n) is 2.54. The summed E-state index contributed by atoms with van der Waals surface area (Å²) in [5, 5.41) is 3.11. The Balaban J connectivity index is 2.62. The van der Waals surface area contributed by atoms with Crippen molar-refractivity contribution in [1.82, 2.24) is 0 Å². The lowest BCUT2D eigenvalue weighted by Gasteiger charge is -2.32. The number of ether oxygens (including phenoxy) is 3. The van der Waals surface area contributed by atoms with Crippen molar-refractivity contribution < 1.29 is 23.8 Å². The number of anilines is 2. The molecule has 7 heteroatoms. The third-order valence-corrected chi connectivity index (χ3v) is 3.62. The molecule has 124 valence electrons. The zero-order valence-electron chi connectivity index (χ0n) is 13.6. The first kappa shape index (κ1) is 16.8. The molecule has 0 fully saturated rings. The van der Waals surface area contributed by atoms with Gasteiger partial charge in [-0.2, -0.15) is 0 Å². The maximum Gasteiger partial charge on any atom is 0.355 e. The number of aryl methyl sites for hydroxylation is 1. The molecule has 1 aliphatic heterocycles. The second-order valence-corrected chi connectivity index (χ2v) is 4.93. The smallest absolute Gasteiger partial charge is 0.355 e. The molecule has 1 aromatic carbocycles. The van der Waals surface area contributed by atoms with Crippen LogP contribution in [0.15, 0.2) is 29.5 Å². The molecule has 1 heterocycles. The largest absolute Gasteiger partial charge is 0.466 e. The van der Waals surface area contributed by atoms with E-state index < -0.39 is 11.9 Å². The first-order chi connectivity index (χ1) is 11.0. The van der Waals surface area contributed by atoms with Crippen molar-refractivity contribution >= 4 is 23.3 Å². The zero-order valence-corrected chi connectivity index (χ0v) is 13.6. The van der Waals surface area contributed by atoms with Crippen LogP contribution in [0.25, 0.3) is 0 Å². The molecule has 1 N–H and O–H groups in total. The standard InChI is InChI=1S/C16H20N2O5/c1-10-6-5-7-12(13(10)17-2)18-9-23-8-11(15(19)21-3)14(18)16(20)22-4/h5-7,17H,8-9H2,1-4H3. The molecule has 0 unspecified atom stereocenters. The van der Waals surface area contributed by atoms with Crippen molar-refractivity contribution in [2.75, 3.05) is 44.8 Å². The van der Waals surface area contributed by atoms with Crippen LogP contribution in [0.4, 0.5) is 11.4 Å². The summed E-state index contributed by atoms with van der Waals surface area (Å²) in [7, 11) is 4.32. The molecule has 0 atom stereocenters. The van der Waals surface area contributed by atoms with Gasteiger partial charge in [0.05, 0.1) is 37.8 Å². The van der Waals surface area contributed by atoms with E-state index in [-0.39, 0.29) is 24.6 Å². The van der Waals surface area contributed by atoms with Crippen LogP contribution in [-0.2, 0) is 23.8 Å². The van der Waals surface area contributed by atoms with Crippen molar-refractivity contribution in [2.45, 2.75) is 6.92 Å². The van der Waals surface area contributed by atoms with Gasteiger partial charge in [-0.1, -0.05) is 12.1 Å². The lowest BCUT2D eigenvalue weighted by atomic mass is 10.1. The number of nitrogens with zero attached hydrogens (tertiary/aromatic N) is 1. The molecule has 0 spiro atoms. The number of hydrogen-bond acceptors (Lipinski definition) is 7. The summed E-state index contributed by atoms with van der Waals surface area (Å²) in [6.07, 6.45) is 0. The molecule has 0 radical (unpaired) electrons. The highest BCUT2D eigenvalue weighted by atomic mass is 16.5. The van der Waals surface area contributed by atoms with Gasteiger partial charge >= 0.3 is 11.9 Å². The summed E-state index contributed by atoms with van der Waals surface area (Å²) in [6, 6.07) is 5.65. The van der Waals surface area contributed by atoms with Crippen molar-refractivity contribution in [2.24, 2.45) is 0 Å². The highest BCUT2D eigenvalue weighted by molar-refractivity contribution is 6.04. The van der Waals surface area contributed by atoms with Gasteiger partial charge in [-0.05, 0) is 18.6 Å². The monoisotopic (exact) mass is 320 g/mol. The number of esters is 2. The van der Waals surface area contributed by atoms with Crippen LogP contribution in [-0.4, -0.2) is 46.5 Å². The van der Waals surface area contributed by atoms with Gasteiger partial charge in [0.2, 0.25) is 0 Å². The van der Waals surface area contributed by atoms with Gasteiger partial charge < -0.3 is 24.4 Å². The molecular weight excluding hydrogens is 300 g/mol. The predicted molar refractivity (Wildman–Crippen MR) is 85.1 cm³/mol. The lowest BCUT2D eigenvalue weighted by Crippen LogP contribution is -2.39. The summed E-state index contributed by atoms with van der Waals surface area (Å²) in [6.45, 7) is 2.07. The van der Waals surface area contributed by atoms with E-state index in [0.717, 1.165) is 11.3 Å². The first-order valence-corrected chi connectivity index (χ1v) is 7.07. The number of nitrogens with one attached hydrogen (secondary N) is 1. The predicted octanol–water partition coefficient (Wildman–Crippen LogP) is 1.43. The molecule has 2 rings (SSSR count). The van der Waals surface area contributed by atoms with Gasteiger partial charge in [-0.3, -0.25) is 0 Å². The van der Waals surface area contributed by atoms with Crippen molar-refractivity contribution in [3.63, 3.8) is 0 Å². The normalized spacial score (nSPS) is 14.5. The Labute approximate surface area is 134 Å². The maximum atomic E-state index is 12.3. The number of hydrogen-bond donors (Lipinski definition) is 1. The molecule has 0 saturated heterocycles. The SMILES string of the molecule is CNc1c(C)cccc1N1COCC(C(=O)OC)=C1C(=O)OC. The first-order valence-electron chi connectivity index (χ1n) is 7.07. The third-order valence-electron chi connectivity index (χ3n) is 3.62. The van der Waals surface area contributed by atoms with E-state index in [9.17, 15) is 9.59 Å². The molecule has 1 aliphatic rings. The summed E-state index contributed by atoms with van der Waals surface area (Å²) in [5.41, 5.74) is 2.82. The van der Waals surface area contributed by atoms with Gasteiger partial charge in [0, 0.05) is 7.05 Å². The molecule has 0 aliphatic carbocycles. The van der Waals surface area contributed by atoms with E-state index in [1.54, 1.807) is 11.9 Å². The van der Waals surface area contributed by atoms with Gasteiger partial charge in [-0.15, -0.1) is 0 Å². The van der Waals surface area contributed by atoms with Crippen molar-refractivity contribution in [3.8, 4) is 0 Å². The van der Waals surface area contributed by atoms with Crippen LogP contribution < -0.4 is 10.2 Å². The minimum Gasteiger partial charge on any atom is -0.466 e. The molecular formula is C16H20N2O5. The second-order valence-electron chi connectivity index (χ2n) is 4.93. The molecule has 0 bridgehead atoms. The number of carbonyl (C=O) groups is 2. The number of rotatable bonds is 4. The van der Waals surface area contributed by atoms with Crippen LogP contribution in [0, 0.1) is 6.92 Å². The van der Waals surface area contributed by atoms with Crippen LogP contribution in [0.5, 0.6) is 0 Å². The fourth-order valence-corrected chi connectivity index (χ4v) is 2.54. The zero-order chi connectivity index (χ0) is 17.0. The number of carbonyl (C=O) groups excluding carboxylic acids is 2. The molecule has 0 aromatic heterocycles. The molecule has 1 aromatic rings. The molecule has 0 saturated carbocycles. The van der Waals surface area contributed by atoms with E-state index in [4.69, 9.17) is 14.2 Å². The second kappa shape index (κ2) is 7.15. The number of methoxy groups -OCH3 is 2.